The topological polar surface area (TPSA) is 28.2 Å². The van der Waals surface area contributed by atoms with Gasteiger partial charge in [0.25, 0.3) is 0 Å². The fraction of sp³-hybridized carbons (Fsp3) is 0.188. The summed E-state index contributed by atoms with van der Waals surface area (Å²) in [7, 11) is -1.46. The van der Waals surface area contributed by atoms with E-state index in [0.717, 1.165) is 11.1 Å². The summed E-state index contributed by atoms with van der Waals surface area (Å²) in [5.74, 6) is 0. The number of hydrogen-bond acceptors (Lipinski definition) is 0. The summed E-state index contributed by atoms with van der Waals surface area (Å²) < 4.78 is 0. The molecule has 4 heteroatoms. The predicted octanol–water partition coefficient (Wildman–Crippen LogP) is 9.13. The van der Waals surface area contributed by atoms with Crippen LogP contribution in [0.15, 0.2) is 120 Å². The van der Waals surface area contributed by atoms with Crippen molar-refractivity contribution >= 4 is 13.6 Å². The van der Waals surface area contributed by atoms with Gasteiger partial charge in [-0.15, -0.1) is 0 Å². The van der Waals surface area contributed by atoms with Gasteiger partial charge in [0.05, 0.1) is 8.07 Å². The van der Waals surface area contributed by atoms with E-state index >= 15 is 0 Å². The fourth-order valence-corrected chi connectivity index (χ4v) is 5.90. The molecule has 3 aromatic rings. The molecule has 0 saturated carbocycles. The molecule has 0 aromatic heterocycles. The molecule has 3 aromatic carbocycles. The predicted molar refractivity (Wildman–Crippen MR) is 152 cm³/mol. The molecule has 2 nitrogen and oxygen atoms in total. The summed E-state index contributed by atoms with van der Waals surface area (Å²) >= 11 is 0. The zero-order chi connectivity index (χ0) is 24.7. The molecule has 2 aliphatic rings. The van der Waals surface area contributed by atoms with E-state index in [9.17, 15) is 0 Å². The van der Waals surface area contributed by atoms with Crippen LogP contribution in [-0.4, -0.2) is 8.07 Å². The second-order valence-electron chi connectivity index (χ2n) is 9.77. The van der Waals surface area contributed by atoms with Gasteiger partial charge in [-0.3, -0.25) is 0 Å². The standard InChI is InChI=1S/C20H21NSi.C12H11N.Ir/c1-22(2,3)20-14-19(17-12-8-5-9-13-17)21-15-18(20)16-10-6-4-7-11-16;1-10-6-5-9-13-12(10)11-7-3-2-4-8-11;/h4-12,14-15,19H,1-3H3;2-7,9,12H,1H3;/q2*-2;. The summed E-state index contributed by atoms with van der Waals surface area (Å²) in [4.78, 5) is 0. The van der Waals surface area contributed by atoms with Gasteiger partial charge in [-0.1, -0.05) is 91.1 Å². The van der Waals surface area contributed by atoms with E-state index in [-0.39, 0.29) is 32.2 Å². The van der Waals surface area contributed by atoms with Gasteiger partial charge in [0, 0.05) is 20.1 Å². The van der Waals surface area contributed by atoms with Gasteiger partial charge in [-0.25, -0.2) is 0 Å². The zero-order valence-corrected chi connectivity index (χ0v) is 24.7. The van der Waals surface area contributed by atoms with E-state index < -0.39 is 8.07 Å². The van der Waals surface area contributed by atoms with Crippen LogP contribution in [-0.2, 0) is 20.1 Å². The Bertz CT molecular complexity index is 1220. The first kappa shape index (κ1) is 27.7. The van der Waals surface area contributed by atoms with Crippen molar-refractivity contribution in [3.63, 3.8) is 0 Å². The quantitative estimate of drug-likeness (QED) is 0.197. The Labute approximate surface area is 231 Å². The van der Waals surface area contributed by atoms with Crippen LogP contribution in [0.25, 0.3) is 16.2 Å². The SMILES string of the molecule is CC1=CC=C[N-]C1c1[c-]cccc1.C[Si](C)(C)C1=CC(c2[c-]cccc2)[N-]C=C1c1ccccc1.[Ir]. The Balaban J connectivity index is 0.000000221. The van der Waals surface area contributed by atoms with Crippen LogP contribution in [0.4, 0.5) is 0 Å². The number of nitrogens with zero attached hydrogens (tertiary/aromatic N) is 2. The summed E-state index contributed by atoms with van der Waals surface area (Å²) in [5, 5.41) is 10.7. The minimum atomic E-state index is -1.46. The minimum Gasteiger partial charge on any atom is -0.683 e. The first-order chi connectivity index (χ1) is 16.9. The molecule has 1 radical (unpaired) electrons. The average molecular weight is 665 g/mol. The Hall–Kier alpha value is -2.91. The fourth-order valence-electron chi connectivity index (χ4n) is 4.22. The van der Waals surface area contributed by atoms with Crippen molar-refractivity contribution in [2.24, 2.45) is 0 Å². The van der Waals surface area contributed by atoms with Gasteiger partial charge < -0.3 is 10.6 Å². The maximum Gasteiger partial charge on any atom is 0.0778 e. The molecule has 0 bridgehead atoms. The summed E-state index contributed by atoms with van der Waals surface area (Å²) in [6.07, 6.45) is 10.3. The van der Waals surface area contributed by atoms with E-state index in [1.165, 1.54) is 21.9 Å². The molecule has 0 amide bonds. The zero-order valence-electron chi connectivity index (χ0n) is 21.3. The largest absolute Gasteiger partial charge is 0.683 e. The van der Waals surface area contributed by atoms with Crippen molar-refractivity contribution in [2.45, 2.75) is 38.6 Å². The van der Waals surface area contributed by atoms with Crippen molar-refractivity contribution < 1.29 is 20.1 Å². The maximum absolute atomic E-state index is 4.77. The van der Waals surface area contributed by atoms with Crippen LogP contribution in [0.1, 0.15) is 35.7 Å². The molecular weight excluding hydrogens is 633 g/mol. The maximum atomic E-state index is 4.77. The molecule has 0 aliphatic carbocycles. The molecule has 0 spiro atoms. The third kappa shape index (κ3) is 7.07. The Morgan fingerprint density at radius 2 is 1.42 bits per heavy atom. The van der Waals surface area contributed by atoms with Crippen molar-refractivity contribution in [3.8, 4) is 0 Å². The van der Waals surface area contributed by atoms with E-state index in [1.807, 2.05) is 42.6 Å². The van der Waals surface area contributed by atoms with Crippen molar-refractivity contribution in [3.05, 3.63) is 160 Å². The third-order valence-corrected chi connectivity index (χ3v) is 8.11. The van der Waals surface area contributed by atoms with Crippen LogP contribution < -0.4 is 0 Å². The molecule has 2 atom stereocenters. The summed E-state index contributed by atoms with van der Waals surface area (Å²) in [6.45, 7) is 9.28. The molecule has 36 heavy (non-hydrogen) atoms. The third-order valence-electron chi connectivity index (χ3n) is 6.06. The van der Waals surface area contributed by atoms with Gasteiger partial charge in [0.15, 0.2) is 0 Å². The summed E-state index contributed by atoms with van der Waals surface area (Å²) in [6, 6.07) is 33.5. The van der Waals surface area contributed by atoms with Crippen LogP contribution in [0.2, 0.25) is 19.6 Å². The molecule has 0 fully saturated rings. The van der Waals surface area contributed by atoms with Crippen molar-refractivity contribution in [1.29, 1.82) is 0 Å². The summed E-state index contributed by atoms with van der Waals surface area (Å²) in [5.41, 5.74) is 6.09. The molecule has 0 N–H and O–H groups in total. The second kappa shape index (κ2) is 12.9. The Morgan fingerprint density at radius 1 is 0.778 bits per heavy atom. The first-order valence-electron chi connectivity index (χ1n) is 12.1. The van der Waals surface area contributed by atoms with Crippen molar-refractivity contribution in [2.75, 3.05) is 0 Å². The first-order valence-corrected chi connectivity index (χ1v) is 15.6. The molecule has 5 rings (SSSR count). The smallest absolute Gasteiger partial charge is 0.0778 e. The molecule has 0 saturated heterocycles. The average Bonchev–Trinajstić information content (AvgIpc) is 2.90. The van der Waals surface area contributed by atoms with Gasteiger partial charge in [0.2, 0.25) is 0 Å². The van der Waals surface area contributed by atoms with Crippen LogP contribution in [0.5, 0.6) is 0 Å². The molecular formula is C32H32IrN2Si-4. The van der Waals surface area contributed by atoms with Crippen molar-refractivity contribution in [1.82, 2.24) is 0 Å². The van der Waals surface area contributed by atoms with E-state index in [0.29, 0.717) is 0 Å². The molecule has 2 unspecified atom stereocenters. The normalized spacial score (nSPS) is 18.6. The van der Waals surface area contributed by atoms with Gasteiger partial charge in [-0.2, -0.15) is 84.2 Å². The van der Waals surface area contributed by atoms with Gasteiger partial charge in [-0.05, 0) is 18.1 Å². The Morgan fingerprint density at radius 3 is 2.00 bits per heavy atom. The van der Waals surface area contributed by atoms with E-state index in [1.54, 1.807) is 0 Å². The van der Waals surface area contributed by atoms with Crippen LogP contribution >= 0.6 is 0 Å². The molecule has 2 heterocycles. The monoisotopic (exact) mass is 665 g/mol. The minimum absolute atomic E-state index is 0. The second-order valence-corrected chi connectivity index (χ2v) is 14.8. The van der Waals surface area contributed by atoms with E-state index in [2.05, 4.69) is 111 Å². The van der Waals surface area contributed by atoms with Crippen LogP contribution in [0.3, 0.4) is 0 Å². The number of hydrogen-bond donors (Lipinski definition) is 0. The van der Waals surface area contributed by atoms with Gasteiger partial charge in [0.1, 0.15) is 0 Å². The molecule has 187 valence electrons. The molecule has 2 aliphatic heterocycles. The van der Waals surface area contributed by atoms with Crippen LogP contribution in [0, 0.1) is 12.1 Å². The van der Waals surface area contributed by atoms with Gasteiger partial charge >= 0.3 is 0 Å². The number of benzene rings is 3. The number of allylic oxidation sites excluding steroid dienone is 4. The van der Waals surface area contributed by atoms with E-state index in [4.69, 9.17) is 5.32 Å². The number of rotatable bonds is 4. The Kier molecular flexibility index (Phi) is 9.89.